The maximum Gasteiger partial charge on any atom is 0.332 e. The Balaban J connectivity index is 3.45. The van der Waals surface area contributed by atoms with Gasteiger partial charge in [-0.2, -0.15) is 8.42 Å². The summed E-state index contributed by atoms with van der Waals surface area (Å²) in [4.78, 5) is -0.186. The Kier molecular flexibility index (Phi) is 3.73. The van der Waals surface area contributed by atoms with Crippen molar-refractivity contribution < 1.29 is 12.3 Å². The summed E-state index contributed by atoms with van der Waals surface area (Å²) in [5.41, 5.74) is 1.37. The second-order valence-electron chi connectivity index (χ2n) is 4.54. The first kappa shape index (κ1) is 13.2. The molecule has 0 aliphatic rings. The molecule has 1 aromatic carbocycles. The van der Waals surface area contributed by atoms with Crippen molar-refractivity contribution in [1.82, 2.24) is 0 Å². The van der Waals surface area contributed by atoms with Crippen LogP contribution in [0, 0.1) is 0 Å². The lowest BCUT2D eigenvalue weighted by atomic mass is 9.97. The summed E-state index contributed by atoms with van der Waals surface area (Å²) in [6.45, 7) is 7.58. The minimum absolute atomic E-state index is 0.0123. The third kappa shape index (κ3) is 2.82. The zero-order chi connectivity index (χ0) is 12.5. The Hall–Kier alpha value is -0.900. The van der Waals surface area contributed by atoms with Gasteiger partial charge in [-0.15, -0.1) is 3.89 Å². The van der Waals surface area contributed by atoms with E-state index in [0.29, 0.717) is 5.56 Å². The highest BCUT2D eigenvalue weighted by Gasteiger charge is 2.20. The van der Waals surface area contributed by atoms with Gasteiger partial charge in [0.2, 0.25) is 0 Å². The third-order valence-corrected chi connectivity index (χ3v) is 3.47. The van der Waals surface area contributed by atoms with E-state index in [-0.39, 0.29) is 16.7 Å². The van der Waals surface area contributed by atoms with Crippen LogP contribution in [0.2, 0.25) is 0 Å². The van der Waals surface area contributed by atoms with E-state index in [0.717, 1.165) is 5.56 Å². The summed E-state index contributed by atoms with van der Waals surface area (Å²) >= 11 is 0. The first-order valence-electron chi connectivity index (χ1n) is 5.32. The highest BCUT2D eigenvalue weighted by atomic mass is 32.3. The molecule has 0 heterocycles. The molecule has 16 heavy (non-hydrogen) atoms. The van der Waals surface area contributed by atoms with Crippen LogP contribution in [0.4, 0.5) is 3.89 Å². The summed E-state index contributed by atoms with van der Waals surface area (Å²) in [6, 6.07) is 5.00. The Bertz CT molecular complexity index is 476. The molecule has 4 heteroatoms. The van der Waals surface area contributed by atoms with Gasteiger partial charge in [-0.3, -0.25) is 0 Å². The van der Waals surface area contributed by atoms with Gasteiger partial charge in [0.05, 0.1) is 0 Å². The molecular weight excluding hydrogens is 227 g/mol. The maximum absolute atomic E-state index is 13.2. The number of rotatable bonds is 3. The SMILES string of the molecule is CC(C)c1ccc(C(C)C)c(S(=O)(=O)F)c1. The summed E-state index contributed by atoms with van der Waals surface area (Å²) in [7, 11) is -4.63. The monoisotopic (exact) mass is 244 g/mol. The van der Waals surface area contributed by atoms with E-state index in [1.54, 1.807) is 6.07 Å². The van der Waals surface area contributed by atoms with Crippen molar-refractivity contribution in [1.29, 1.82) is 0 Å². The lowest BCUT2D eigenvalue weighted by molar-refractivity contribution is 0.549. The maximum atomic E-state index is 13.2. The normalized spacial score (nSPS) is 12.4. The fourth-order valence-corrected chi connectivity index (χ4v) is 2.46. The van der Waals surface area contributed by atoms with E-state index in [4.69, 9.17) is 0 Å². The Morgan fingerprint density at radius 2 is 1.62 bits per heavy atom. The van der Waals surface area contributed by atoms with Gasteiger partial charge in [-0.25, -0.2) is 0 Å². The predicted octanol–water partition coefficient (Wildman–Crippen LogP) is 3.59. The molecule has 90 valence electrons. The Labute approximate surface area is 96.7 Å². The molecule has 0 saturated carbocycles. The number of halogens is 1. The van der Waals surface area contributed by atoms with Crippen LogP contribution in [0.25, 0.3) is 0 Å². The Morgan fingerprint density at radius 1 is 1.06 bits per heavy atom. The van der Waals surface area contributed by atoms with Crippen LogP contribution in [-0.2, 0) is 10.2 Å². The van der Waals surface area contributed by atoms with Crippen LogP contribution in [0.3, 0.4) is 0 Å². The van der Waals surface area contributed by atoms with E-state index in [2.05, 4.69) is 0 Å². The van der Waals surface area contributed by atoms with Crippen LogP contribution >= 0.6 is 0 Å². The molecule has 1 rings (SSSR count). The summed E-state index contributed by atoms with van der Waals surface area (Å²) in [5, 5.41) is 0. The van der Waals surface area contributed by atoms with Gasteiger partial charge >= 0.3 is 10.2 Å². The largest absolute Gasteiger partial charge is 0.332 e. The van der Waals surface area contributed by atoms with Crippen LogP contribution in [0.15, 0.2) is 23.1 Å². The third-order valence-electron chi connectivity index (χ3n) is 2.59. The molecule has 0 amide bonds. The topological polar surface area (TPSA) is 34.1 Å². The van der Waals surface area contributed by atoms with E-state index in [9.17, 15) is 12.3 Å². The van der Waals surface area contributed by atoms with Crippen molar-refractivity contribution >= 4 is 10.2 Å². The first-order chi connectivity index (χ1) is 7.23. The van der Waals surface area contributed by atoms with Crippen molar-refractivity contribution in [3.8, 4) is 0 Å². The van der Waals surface area contributed by atoms with Crippen LogP contribution in [0.5, 0.6) is 0 Å². The summed E-state index contributed by atoms with van der Waals surface area (Å²) in [5.74, 6) is 0.170. The van der Waals surface area contributed by atoms with Crippen molar-refractivity contribution in [3.05, 3.63) is 29.3 Å². The van der Waals surface area contributed by atoms with Gasteiger partial charge in [0.1, 0.15) is 4.90 Å². The number of hydrogen-bond acceptors (Lipinski definition) is 2. The van der Waals surface area contributed by atoms with Gasteiger partial charge in [0, 0.05) is 0 Å². The molecule has 0 fully saturated rings. The first-order valence-corrected chi connectivity index (χ1v) is 6.70. The number of hydrogen-bond donors (Lipinski definition) is 0. The molecule has 2 nitrogen and oxygen atoms in total. The van der Waals surface area contributed by atoms with E-state index in [1.165, 1.54) is 6.07 Å². The second-order valence-corrected chi connectivity index (χ2v) is 5.86. The van der Waals surface area contributed by atoms with Crippen molar-refractivity contribution in [2.45, 2.75) is 44.4 Å². The lowest BCUT2D eigenvalue weighted by Crippen LogP contribution is -2.02. The minimum atomic E-state index is -4.63. The fourth-order valence-electron chi connectivity index (χ4n) is 1.60. The van der Waals surface area contributed by atoms with E-state index < -0.39 is 10.2 Å². The molecular formula is C12H17FO2S. The van der Waals surface area contributed by atoms with E-state index >= 15 is 0 Å². The molecule has 0 radical (unpaired) electrons. The molecule has 0 aliphatic carbocycles. The average Bonchev–Trinajstić information content (AvgIpc) is 2.15. The van der Waals surface area contributed by atoms with Crippen LogP contribution in [0.1, 0.15) is 50.7 Å². The van der Waals surface area contributed by atoms with Crippen LogP contribution < -0.4 is 0 Å². The second kappa shape index (κ2) is 4.53. The quantitative estimate of drug-likeness (QED) is 0.761. The van der Waals surface area contributed by atoms with Crippen molar-refractivity contribution in [2.24, 2.45) is 0 Å². The lowest BCUT2D eigenvalue weighted by Gasteiger charge is -2.13. The highest BCUT2D eigenvalue weighted by Crippen LogP contribution is 2.28. The average molecular weight is 244 g/mol. The van der Waals surface area contributed by atoms with Crippen molar-refractivity contribution in [2.75, 3.05) is 0 Å². The van der Waals surface area contributed by atoms with E-state index in [1.807, 2.05) is 33.8 Å². The smallest absolute Gasteiger partial charge is 0.189 e. The standard InChI is InChI=1S/C12H17FO2S/c1-8(2)10-5-6-11(9(3)4)12(7-10)16(13,14)15/h5-9H,1-4H3. The number of benzene rings is 1. The molecule has 0 N–H and O–H groups in total. The fraction of sp³-hybridized carbons (Fsp3) is 0.500. The predicted molar refractivity (Wildman–Crippen MR) is 62.9 cm³/mol. The van der Waals surface area contributed by atoms with Gasteiger partial charge < -0.3 is 0 Å². The van der Waals surface area contributed by atoms with Gasteiger partial charge in [-0.05, 0) is 29.0 Å². The molecule has 0 saturated heterocycles. The van der Waals surface area contributed by atoms with Gasteiger partial charge in [0.25, 0.3) is 0 Å². The molecule has 0 unspecified atom stereocenters. The van der Waals surface area contributed by atoms with Crippen molar-refractivity contribution in [3.63, 3.8) is 0 Å². The summed E-state index contributed by atoms with van der Waals surface area (Å²) in [6.07, 6.45) is 0. The zero-order valence-corrected chi connectivity index (χ0v) is 10.8. The minimum Gasteiger partial charge on any atom is -0.189 e. The zero-order valence-electron chi connectivity index (χ0n) is 9.99. The molecule has 0 bridgehead atoms. The molecule has 0 atom stereocenters. The Morgan fingerprint density at radius 3 is 2.00 bits per heavy atom. The van der Waals surface area contributed by atoms with Crippen LogP contribution in [-0.4, -0.2) is 8.42 Å². The molecule has 0 aliphatic heterocycles. The summed E-state index contributed by atoms with van der Waals surface area (Å²) < 4.78 is 35.3. The highest BCUT2D eigenvalue weighted by molar-refractivity contribution is 7.86. The molecule has 0 spiro atoms. The van der Waals surface area contributed by atoms with Gasteiger partial charge in [-0.1, -0.05) is 39.8 Å². The molecule has 0 aromatic heterocycles. The van der Waals surface area contributed by atoms with Gasteiger partial charge in [0.15, 0.2) is 0 Å². The molecule has 1 aromatic rings.